The molecular weight excluding hydrogens is 378 g/mol. The molecule has 1 aliphatic heterocycles. The Bertz CT molecular complexity index is 1080. The Morgan fingerprint density at radius 1 is 1.03 bits per heavy atom. The fourth-order valence-electron chi connectivity index (χ4n) is 3.69. The van der Waals surface area contributed by atoms with Crippen LogP contribution in [-0.4, -0.2) is 33.6 Å². The zero-order valence-corrected chi connectivity index (χ0v) is 16.6. The van der Waals surface area contributed by atoms with Crippen LogP contribution in [0.25, 0.3) is 0 Å². The van der Waals surface area contributed by atoms with E-state index in [0.717, 1.165) is 11.1 Å². The summed E-state index contributed by atoms with van der Waals surface area (Å²) in [6, 6.07) is 18.8. The molecule has 1 aliphatic rings. The maximum absolute atomic E-state index is 13.5. The second-order valence-corrected chi connectivity index (χ2v) is 7.23. The number of para-hydroxylation sites is 1. The van der Waals surface area contributed by atoms with E-state index in [0.29, 0.717) is 11.3 Å². The predicted molar refractivity (Wildman–Crippen MR) is 113 cm³/mol. The number of hydrogen-bond donors (Lipinski definition) is 0. The summed E-state index contributed by atoms with van der Waals surface area (Å²) < 4.78 is 0. The number of aromatic nitrogens is 1. The van der Waals surface area contributed by atoms with E-state index in [2.05, 4.69) is 4.98 Å². The summed E-state index contributed by atoms with van der Waals surface area (Å²) in [6.45, 7) is 2.04. The molecule has 0 radical (unpaired) electrons. The van der Waals surface area contributed by atoms with E-state index in [9.17, 15) is 14.4 Å². The Morgan fingerprint density at radius 3 is 2.47 bits per heavy atom. The Hall–Kier alpha value is -3.80. The molecule has 1 fully saturated rings. The Balaban J connectivity index is 1.71. The molecule has 1 saturated heterocycles. The average Bonchev–Trinajstić information content (AvgIpc) is 3.07. The highest BCUT2D eigenvalue weighted by Gasteiger charge is 2.44. The smallest absolute Gasteiger partial charge is 0.257 e. The maximum Gasteiger partial charge on any atom is 0.257 e. The van der Waals surface area contributed by atoms with Crippen molar-refractivity contribution in [3.8, 4) is 0 Å². The molecule has 2 aromatic carbocycles. The van der Waals surface area contributed by atoms with Gasteiger partial charge in [0.15, 0.2) is 0 Å². The lowest BCUT2D eigenvalue weighted by molar-refractivity contribution is -0.122. The highest BCUT2D eigenvalue weighted by molar-refractivity contribution is 6.23. The van der Waals surface area contributed by atoms with Gasteiger partial charge in [-0.1, -0.05) is 42.5 Å². The van der Waals surface area contributed by atoms with Gasteiger partial charge in [0.1, 0.15) is 6.04 Å². The molecule has 0 saturated carbocycles. The summed E-state index contributed by atoms with van der Waals surface area (Å²) in [5.41, 5.74) is 2.63. The number of rotatable bonds is 5. The molecule has 1 aromatic heterocycles. The molecule has 0 bridgehead atoms. The molecule has 150 valence electrons. The minimum absolute atomic E-state index is 0.0500. The lowest BCUT2D eigenvalue weighted by Crippen LogP contribution is -2.45. The van der Waals surface area contributed by atoms with Crippen LogP contribution in [0.5, 0.6) is 0 Å². The molecular formula is C24H21N3O3. The van der Waals surface area contributed by atoms with Crippen LogP contribution in [0.2, 0.25) is 0 Å². The summed E-state index contributed by atoms with van der Waals surface area (Å²) in [7, 11) is 0. The molecule has 1 unspecified atom stereocenters. The SMILES string of the molecule is Cc1ccccc1C(=O)N(Cc1cccnc1)C1CC(=O)N(c2ccccc2)C1=O. The first-order valence-electron chi connectivity index (χ1n) is 9.73. The van der Waals surface area contributed by atoms with E-state index in [1.807, 2.05) is 31.2 Å². The van der Waals surface area contributed by atoms with Crippen molar-refractivity contribution in [2.75, 3.05) is 4.90 Å². The maximum atomic E-state index is 13.5. The number of hydrogen-bond acceptors (Lipinski definition) is 4. The molecule has 1 atom stereocenters. The number of amides is 3. The van der Waals surface area contributed by atoms with E-state index in [4.69, 9.17) is 0 Å². The normalized spacial score (nSPS) is 16.0. The van der Waals surface area contributed by atoms with Gasteiger partial charge in [-0.05, 0) is 42.3 Å². The topological polar surface area (TPSA) is 70.6 Å². The second kappa shape index (κ2) is 8.29. The Kier molecular flexibility index (Phi) is 5.39. The monoisotopic (exact) mass is 399 g/mol. The van der Waals surface area contributed by atoms with Crippen molar-refractivity contribution in [2.24, 2.45) is 0 Å². The zero-order valence-electron chi connectivity index (χ0n) is 16.6. The molecule has 0 spiro atoms. The second-order valence-electron chi connectivity index (χ2n) is 7.23. The van der Waals surface area contributed by atoms with Gasteiger partial charge in [-0.15, -0.1) is 0 Å². The number of pyridine rings is 1. The van der Waals surface area contributed by atoms with Gasteiger partial charge in [0.25, 0.3) is 11.8 Å². The summed E-state index contributed by atoms with van der Waals surface area (Å²) >= 11 is 0. The third kappa shape index (κ3) is 3.72. The van der Waals surface area contributed by atoms with Gasteiger partial charge < -0.3 is 4.90 Å². The van der Waals surface area contributed by atoms with Crippen LogP contribution < -0.4 is 4.90 Å². The fourth-order valence-corrected chi connectivity index (χ4v) is 3.69. The number of anilines is 1. The number of benzene rings is 2. The standard InChI is InChI=1S/C24H21N3O3/c1-17-8-5-6-12-20(17)23(29)26(16-18-9-7-13-25-15-18)21-14-22(28)27(24(21)30)19-10-3-2-4-11-19/h2-13,15,21H,14,16H2,1H3. The first kappa shape index (κ1) is 19.5. The van der Waals surface area contributed by atoms with Crippen molar-refractivity contribution in [3.63, 3.8) is 0 Å². The zero-order chi connectivity index (χ0) is 21.1. The number of carbonyl (C=O) groups is 3. The van der Waals surface area contributed by atoms with Crippen LogP contribution in [0.4, 0.5) is 5.69 Å². The quantitative estimate of drug-likeness (QED) is 0.617. The van der Waals surface area contributed by atoms with E-state index in [1.54, 1.807) is 54.9 Å². The van der Waals surface area contributed by atoms with Crippen molar-refractivity contribution in [1.82, 2.24) is 9.88 Å². The number of nitrogens with zero attached hydrogens (tertiary/aromatic N) is 3. The van der Waals surface area contributed by atoms with Gasteiger partial charge >= 0.3 is 0 Å². The molecule has 3 aromatic rings. The minimum atomic E-state index is -0.870. The minimum Gasteiger partial charge on any atom is -0.322 e. The number of carbonyl (C=O) groups excluding carboxylic acids is 3. The lowest BCUT2D eigenvalue weighted by Gasteiger charge is -2.28. The highest BCUT2D eigenvalue weighted by Crippen LogP contribution is 2.28. The van der Waals surface area contributed by atoms with Crippen molar-refractivity contribution in [2.45, 2.75) is 25.9 Å². The van der Waals surface area contributed by atoms with Gasteiger partial charge in [0.05, 0.1) is 12.1 Å². The summed E-state index contributed by atoms with van der Waals surface area (Å²) in [6.07, 6.45) is 3.26. The molecule has 4 rings (SSSR count). The fraction of sp³-hybridized carbons (Fsp3) is 0.167. The number of aryl methyl sites for hydroxylation is 1. The summed E-state index contributed by atoms with van der Waals surface area (Å²) in [5, 5.41) is 0. The molecule has 2 heterocycles. The Morgan fingerprint density at radius 2 is 1.77 bits per heavy atom. The summed E-state index contributed by atoms with van der Waals surface area (Å²) in [5.74, 6) is -0.986. The third-order valence-electron chi connectivity index (χ3n) is 5.23. The first-order valence-corrected chi connectivity index (χ1v) is 9.73. The molecule has 6 heteroatoms. The van der Waals surface area contributed by atoms with Crippen LogP contribution in [0.1, 0.15) is 27.9 Å². The first-order chi connectivity index (χ1) is 14.6. The number of imide groups is 1. The van der Waals surface area contributed by atoms with Crippen LogP contribution in [0.3, 0.4) is 0 Å². The van der Waals surface area contributed by atoms with Gasteiger partial charge in [-0.25, -0.2) is 4.90 Å². The summed E-state index contributed by atoms with van der Waals surface area (Å²) in [4.78, 5) is 46.2. The van der Waals surface area contributed by atoms with Crippen LogP contribution >= 0.6 is 0 Å². The van der Waals surface area contributed by atoms with Crippen molar-refractivity contribution in [1.29, 1.82) is 0 Å². The van der Waals surface area contributed by atoms with Crippen molar-refractivity contribution < 1.29 is 14.4 Å². The van der Waals surface area contributed by atoms with Crippen LogP contribution in [-0.2, 0) is 16.1 Å². The predicted octanol–water partition coefficient (Wildman–Crippen LogP) is 3.36. The molecule has 30 heavy (non-hydrogen) atoms. The lowest BCUT2D eigenvalue weighted by atomic mass is 10.1. The van der Waals surface area contributed by atoms with Crippen LogP contribution in [0, 0.1) is 6.92 Å². The Labute approximate surface area is 174 Å². The van der Waals surface area contributed by atoms with E-state index in [-0.39, 0.29) is 24.8 Å². The molecule has 0 aliphatic carbocycles. The van der Waals surface area contributed by atoms with Gasteiger partial charge in [-0.3, -0.25) is 19.4 Å². The average molecular weight is 399 g/mol. The molecule has 0 N–H and O–H groups in total. The largest absolute Gasteiger partial charge is 0.322 e. The van der Waals surface area contributed by atoms with Gasteiger partial charge in [-0.2, -0.15) is 0 Å². The van der Waals surface area contributed by atoms with E-state index >= 15 is 0 Å². The van der Waals surface area contributed by atoms with Gasteiger partial charge in [0.2, 0.25) is 5.91 Å². The van der Waals surface area contributed by atoms with E-state index in [1.165, 1.54) is 9.80 Å². The van der Waals surface area contributed by atoms with Crippen LogP contribution in [0.15, 0.2) is 79.1 Å². The molecule has 6 nitrogen and oxygen atoms in total. The third-order valence-corrected chi connectivity index (χ3v) is 5.23. The van der Waals surface area contributed by atoms with Crippen molar-refractivity contribution in [3.05, 3.63) is 95.8 Å². The van der Waals surface area contributed by atoms with Crippen molar-refractivity contribution >= 4 is 23.4 Å². The van der Waals surface area contributed by atoms with E-state index < -0.39 is 11.9 Å². The molecule has 3 amide bonds. The van der Waals surface area contributed by atoms with Gasteiger partial charge in [0, 0.05) is 24.5 Å². The highest BCUT2D eigenvalue weighted by atomic mass is 16.2.